The Labute approximate surface area is 165 Å². The van der Waals surface area contributed by atoms with E-state index < -0.39 is 0 Å². The predicted molar refractivity (Wildman–Crippen MR) is 114 cm³/mol. The molecule has 0 atom stereocenters. The van der Waals surface area contributed by atoms with Crippen molar-refractivity contribution in [2.45, 2.75) is 57.8 Å². The topological polar surface area (TPSA) is 29.0 Å². The fourth-order valence-corrected chi connectivity index (χ4v) is 5.80. The second kappa shape index (κ2) is 7.59. The lowest BCUT2D eigenvalue weighted by molar-refractivity contribution is 0.573. The van der Waals surface area contributed by atoms with Gasteiger partial charge in [-0.05, 0) is 62.5 Å². The molecular weight excluding hydrogens is 350 g/mol. The Morgan fingerprint density at radius 3 is 2.52 bits per heavy atom. The van der Waals surface area contributed by atoms with Gasteiger partial charge >= 0.3 is 0 Å². The van der Waals surface area contributed by atoms with Crippen molar-refractivity contribution in [1.82, 2.24) is 9.97 Å². The number of aryl methyl sites for hydroxylation is 4. The Balaban J connectivity index is 1.54. The molecule has 1 fully saturated rings. The quantitative estimate of drug-likeness (QED) is 0.614. The summed E-state index contributed by atoms with van der Waals surface area (Å²) in [5.41, 5.74) is 2.93. The van der Waals surface area contributed by atoms with Crippen LogP contribution in [0.4, 0.5) is 5.82 Å². The summed E-state index contributed by atoms with van der Waals surface area (Å²) >= 11 is 1.94. The number of benzene rings is 1. The molecule has 1 aliphatic carbocycles. The molecule has 3 aromatic rings. The van der Waals surface area contributed by atoms with Crippen molar-refractivity contribution in [3.63, 3.8) is 0 Å². The number of nitrogens with zero attached hydrogens (tertiary/aromatic N) is 3. The monoisotopic (exact) mass is 377 g/mol. The number of rotatable bonds is 4. The van der Waals surface area contributed by atoms with Crippen LogP contribution in [-0.2, 0) is 25.7 Å². The average molecular weight is 378 g/mol. The molecule has 140 valence electrons. The van der Waals surface area contributed by atoms with Gasteiger partial charge in [0, 0.05) is 24.4 Å². The molecular formula is C23H27N3S. The molecule has 0 radical (unpaired) electrons. The van der Waals surface area contributed by atoms with Crippen LogP contribution >= 0.6 is 11.3 Å². The van der Waals surface area contributed by atoms with E-state index in [1.54, 1.807) is 10.4 Å². The number of fused-ring (bicyclic) bond motifs is 3. The van der Waals surface area contributed by atoms with Crippen molar-refractivity contribution < 1.29 is 0 Å². The van der Waals surface area contributed by atoms with Crippen LogP contribution in [0.3, 0.4) is 0 Å². The zero-order valence-corrected chi connectivity index (χ0v) is 16.7. The summed E-state index contributed by atoms with van der Waals surface area (Å²) in [5.74, 6) is 2.26. The van der Waals surface area contributed by atoms with Gasteiger partial charge in [-0.1, -0.05) is 30.3 Å². The molecule has 1 aliphatic heterocycles. The Morgan fingerprint density at radius 1 is 0.852 bits per heavy atom. The highest BCUT2D eigenvalue weighted by Gasteiger charge is 2.24. The van der Waals surface area contributed by atoms with Gasteiger partial charge in [0.25, 0.3) is 0 Å². The summed E-state index contributed by atoms with van der Waals surface area (Å²) in [5, 5.41) is 1.39. The largest absolute Gasteiger partial charge is 0.356 e. The van der Waals surface area contributed by atoms with E-state index in [1.165, 1.54) is 66.5 Å². The maximum absolute atomic E-state index is 5.14. The van der Waals surface area contributed by atoms with Gasteiger partial charge in [0.1, 0.15) is 16.5 Å². The first kappa shape index (κ1) is 17.2. The van der Waals surface area contributed by atoms with Gasteiger partial charge in [-0.2, -0.15) is 0 Å². The van der Waals surface area contributed by atoms with Crippen molar-refractivity contribution in [2.75, 3.05) is 18.0 Å². The first-order valence-corrected chi connectivity index (χ1v) is 11.3. The summed E-state index contributed by atoms with van der Waals surface area (Å²) in [6.45, 7) is 2.30. The van der Waals surface area contributed by atoms with E-state index in [-0.39, 0.29) is 0 Å². The smallest absolute Gasteiger partial charge is 0.141 e. The fraction of sp³-hybridized carbons (Fsp3) is 0.478. The molecule has 5 rings (SSSR count). The van der Waals surface area contributed by atoms with E-state index in [4.69, 9.17) is 9.97 Å². The lowest BCUT2D eigenvalue weighted by Gasteiger charge is -2.29. The van der Waals surface area contributed by atoms with Crippen LogP contribution in [0.2, 0.25) is 0 Å². The molecule has 0 N–H and O–H groups in total. The minimum absolute atomic E-state index is 0.920. The molecule has 1 saturated heterocycles. The number of aromatic nitrogens is 2. The maximum atomic E-state index is 5.14. The average Bonchev–Trinajstić information content (AvgIpc) is 3.11. The molecule has 0 spiro atoms. The second-order valence-corrected chi connectivity index (χ2v) is 8.97. The van der Waals surface area contributed by atoms with Gasteiger partial charge in [0.05, 0.1) is 5.39 Å². The standard InChI is InChI=1S/C23H27N3S/c1-3-9-17(10-4-1)13-14-20-24-22(26-15-7-2-8-16-26)21-18-11-5-6-12-19(18)27-23(21)25-20/h1,3-4,9-10H,2,5-8,11-16H2. The molecule has 2 aromatic heterocycles. The van der Waals surface area contributed by atoms with E-state index >= 15 is 0 Å². The highest BCUT2D eigenvalue weighted by molar-refractivity contribution is 7.19. The van der Waals surface area contributed by atoms with E-state index in [0.717, 1.165) is 31.8 Å². The third-order valence-electron chi connectivity index (χ3n) is 5.98. The zero-order valence-electron chi connectivity index (χ0n) is 15.9. The molecule has 0 bridgehead atoms. The molecule has 3 nitrogen and oxygen atoms in total. The van der Waals surface area contributed by atoms with Gasteiger partial charge in [0.2, 0.25) is 0 Å². The molecule has 0 amide bonds. The third-order valence-corrected chi connectivity index (χ3v) is 7.16. The number of hydrogen-bond acceptors (Lipinski definition) is 4. The molecule has 3 heterocycles. The summed E-state index contributed by atoms with van der Waals surface area (Å²) in [6, 6.07) is 10.7. The van der Waals surface area contributed by atoms with Crippen LogP contribution in [0, 0.1) is 0 Å². The summed E-state index contributed by atoms with van der Waals surface area (Å²) < 4.78 is 0. The van der Waals surface area contributed by atoms with Crippen LogP contribution < -0.4 is 4.90 Å². The van der Waals surface area contributed by atoms with Crippen LogP contribution in [-0.4, -0.2) is 23.1 Å². The van der Waals surface area contributed by atoms with E-state index in [1.807, 2.05) is 11.3 Å². The number of piperidine rings is 1. The van der Waals surface area contributed by atoms with Crippen molar-refractivity contribution >= 4 is 27.4 Å². The Kier molecular flexibility index (Phi) is 4.83. The lowest BCUT2D eigenvalue weighted by Crippen LogP contribution is -2.30. The van der Waals surface area contributed by atoms with Gasteiger partial charge < -0.3 is 4.90 Å². The van der Waals surface area contributed by atoms with Crippen molar-refractivity contribution in [2.24, 2.45) is 0 Å². The second-order valence-electron chi connectivity index (χ2n) is 7.89. The Hall–Kier alpha value is -1.94. The normalized spacial score (nSPS) is 17.3. The first-order valence-electron chi connectivity index (χ1n) is 10.5. The molecule has 4 heteroatoms. The molecule has 1 aromatic carbocycles. The van der Waals surface area contributed by atoms with Gasteiger partial charge in [0.15, 0.2) is 0 Å². The number of hydrogen-bond donors (Lipinski definition) is 0. The summed E-state index contributed by atoms with van der Waals surface area (Å²) in [6.07, 6.45) is 10.9. The van der Waals surface area contributed by atoms with Gasteiger partial charge in [-0.15, -0.1) is 11.3 Å². The van der Waals surface area contributed by atoms with E-state index in [2.05, 4.69) is 35.2 Å². The Morgan fingerprint density at radius 2 is 1.67 bits per heavy atom. The SMILES string of the molecule is c1ccc(CCc2nc(N3CCCCC3)c3c4c(sc3n2)CCCC4)cc1. The van der Waals surface area contributed by atoms with Crippen LogP contribution in [0.25, 0.3) is 10.2 Å². The summed E-state index contributed by atoms with van der Waals surface area (Å²) in [4.78, 5) is 15.5. The van der Waals surface area contributed by atoms with Crippen LogP contribution in [0.15, 0.2) is 30.3 Å². The number of anilines is 1. The van der Waals surface area contributed by atoms with Gasteiger partial charge in [-0.25, -0.2) is 9.97 Å². The minimum Gasteiger partial charge on any atom is -0.356 e. The van der Waals surface area contributed by atoms with E-state index in [0.29, 0.717) is 0 Å². The third kappa shape index (κ3) is 3.47. The fourth-order valence-electron chi connectivity index (χ4n) is 4.53. The van der Waals surface area contributed by atoms with Crippen molar-refractivity contribution in [3.05, 3.63) is 52.2 Å². The lowest BCUT2D eigenvalue weighted by atomic mass is 9.96. The van der Waals surface area contributed by atoms with E-state index in [9.17, 15) is 0 Å². The highest BCUT2D eigenvalue weighted by Crippen LogP contribution is 2.40. The van der Waals surface area contributed by atoms with Crippen LogP contribution in [0.1, 0.15) is 53.9 Å². The molecule has 0 unspecified atom stereocenters. The van der Waals surface area contributed by atoms with Gasteiger partial charge in [-0.3, -0.25) is 0 Å². The highest BCUT2D eigenvalue weighted by atomic mass is 32.1. The minimum atomic E-state index is 0.920. The first-order chi connectivity index (χ1) is 13.4. The van der Waals surface area contributed by atoms with Crippen molar-refractivity contribution in [1.29, 1.82) is 0 Å². The predicted octanol–water partition coefficient (Wildman–Crippen LogP) is 5.35. The van der Waals surface area contributed by atoms with Crippen molar-refractivity contribution in [3.8, 4) is 0 Å². The zero-order chi connectivity index (χ0) is 18.1. The number of thiophene rings is 1. The maximum Gasteiger partial charge on any atom is 0.141 e. The molecule has 27 heavy (non-hydrogen) atoms. The molecule has 0 saturated carbocycles. The summed E-state index contributed by atoms with van der Waals surface area (Å²) in [7, 11) is 0. The molecule has 2 aliphatic rings. The van der Waals surface area contributed by atoms with Crippen LogP contribution in [0.5, 0.6) is 0 Å². The Bertz CT molecular complexity index is 926.